The molecule has 0 unspecified atom stereocenters. The Kier molecular flexibility index (Phi) is 5.06. The predicted octanol–water partition coefficient (Wildman–Crippen LogP) is 2.59. The van der Waals surface area contributed by atoms with Gasteiger partial charge < -0.3 is 9.84 Å². The van der Waals surface area contributed by atoms with Crippen LogP contribution in [-0.2, 0) is 6.54 Å². The first kappa shape index (κ1) is 15.6. The highest BCUT2D eigenvalue weighted by atomic mass is 32.2. The molecule has 21 heavy (non-hydrogen) atoms. The van der Waals surface area contributed by atoms with E-state index in [0.717, 1.165) is 18.1 Å². The minimum Gasteiger partial charge on any atom is -0.492 e. The van der Waals surface area contributed by atoms with Gasteiger partial charge in [0.25, 0.3) is 0 Å². The first-order valence-corrected chi connectivity index (χ1v) is 8.05. The number of hydrogen-bond acceptors (Lipinski definition) is 5. The second-order valence-electron chi connectivity index (χ2n) is 4.44. The highest BCUT2D eigenvalue weighted by Gasteiger charge is 2.22. The lowest BCUT2D eigenvalue weighted by Gasteiger charge is -2.11. The number of aryl methyl sites for hydroxylation is 2. The van der Waals surface area contributed by atoms with Crippen molar-refractivity contribution in [2.45, 2.75) is 27.3 Å². The second-order valence-corrected chi connectivity index (χ2v) is 5.84. The van der Waals surface area contributed by atoms with Crippen LogP contribution in [0, 0.1) is 6.92 Å². The molecule has 0 aliphatic carbocycles. The summed E-state index contributed by atoms with van der Waals surface area (Å²) in [7, 11) is 0. The third-order valence-corrected chi connectivity index (χ3v) is 3.95. The molecule has 0 aliphatic rings. The van der Waals surface area contributed by atoms with Gasteiger partial charge in [-0.05, 0) is 19.6 Å². The van der Waals surface area contributed by atoms with Crippen LogP contribution in [0.3, 0.4) is 0 Å². The summed E-state index contributed by atoms with van der Waals surface area (Å²) < 4.78 is 7.36. The third kappa shape index (κ3) is 3.12. The first-order valence-electron chi connectivity index (χ1n) is 6.90. The Morgan fingerprint density at radius 3 is 2.86 bits per heavy atom. The van der Waals surface area contributed by atoms with Gasteiger partial charge in [0.15, 0.2) is 5.65 Å². The molecule has 0 saturated carbocycles. The number of rotatable bonds is 7. The number of hydrogen-bond donors (Lipinski definition) is 1. The molecule has 0 aromatic carbocycles. The van der Waals surface area contributed by atoms with Crippen LogP contribution >= 0.6 is 11.8 Å². The minimum atomic E-state index is -1.03. The number of ether oxygens (including phenoxy) is 1. The monoisotopic (exact) mass is 309 g/mol. The number of carboxylic acids is 1. The van der Waals surface area contributed by atoms with Crippen molar-refractivity contribution in [2.75, 3.05) is 18.1 Å². The number of aromatic nitrogens is 3. The van der Waals surface area contributed by atoms with Crippen molar-refractivity contribution in [2.24, 2.45) is 0 Å². The SMILES string of the molecule is CCOc1c(C(=O)O)c(C)nc2c1cnn2CCSCC. The maximum absolute atomic E-state index is 11.4. The van der Waals surface area contributed by atoms with Gasteiger partial charge in [0.2, 0.25) is 0 Å². The molecular formula is C14H19N3O3S. The molecule has 0 aliphatic heterocycles. The molecule has 0 atom stereocenters. The number of carbonyl (C=O) groups is 1. The largest absolute Gasteiger partial charge is 0.492 e. The van der Waals surface area contributed by atoms with E-state index in [9.17, 15) is 9.90 Å². The lowest BCUT2D eigenvalue weighted by Crippen LogP contribution is -2.09. The van der Waals surface area contributed by atoms with Gasteiger partial charge in [0, 0.05) is 5.75 Å². The van der Waals surface area contributed by atoms with E-state index in [1.54, 1.807) is 17.8 Å². The van der Waals surface area contributed by atoms with Crippen molar-refractivity contribution in [3.8, 4) is 5.75 Å². The summed E-state index contributed by atoms with van der Waals surface area (Å²) in [6, 6.07) is 0. The van der Waals surface area contributed by atoms with Crippen LogP contribution in [0.1, 0.15) is 29.9 Å². The Hall–Kier alpha value is -1.76. The van der Waals surface area contributed by atoms with Crippen LogP contribution in [0.15, 0.2) is 6.20 Å². The fraction of sp³-hybridized carbons (Fsp3) is 0.500. The maximum atomic E-state index is 11.4. The molecule has 1 N–H and O–H groups in total. The van der Waals surface area contributed by atoms with Crippen LogP contribution in [0.25, 0.3) is 11.0 Å². The van der Waals surface area contributed by atoms with Gasteiger partial charge in [-0.25, -0.2) is 14.5 Å². The number of fused-ring (bicyclic) bond motifs is 1. The van der Waals surface area contributed by atoms with Gasteiger partial charge in [-0.1, -0.05) is 6.92 Å². The van der Waals surface area contributed by atoms with Crippen LogP contribution < -0.4 is 4.74 Å². The van der Waals surface area contributed by atoms with Crippen molar-refractivity contribution in [1.82, 2.24) is 14.8 Å². The average molecular weight is 309 g/mol. The number of aromatic carboxylic acids is 1. The molecule has 0 spiro atoms. The fourth-order valence-corrected chi connectivity index (χ4v) is 2.77. The normalized spacial score (nSPS) is 11.0. The first-order chi connectivity index (χ1) is 10.1. The summed E-state index contributed by atoms with van der Waals surface area (Å²) in [5.41, 5.74) is 1.24. The molecule has 6 nitrogen and oxygen atoms in total. The molecule has 0 bridgehead atoms. The molecular weight excluding hydrogens is 290 g/mol. The summed E-state index contributed by atoms with van der Waals surface area (Å²) in [6.07, 6.45) is 1.63. The van der Waals surface area contributed by atoms with Crippen LogP contribution in [-0.4, -0.2) is 44.0 Å². The van der Waals surface area contributed by atoms with E-state index >= 15 is 0 Å². The quantitative estimate of drug-likeness (QED) is 0.792. The number of carboxylic acid groups (broad SMARTS) is 1. The average Bonchev–Trinajstić information content (AvgIpc) is 2.82. The van der Waals surface area contributed by atoms with Gasteiger partial charge in [0.05, 0.1) is 30.4 Å². The van der Waals surface area contributed by atoms with E-state index in [4.69, 9.17) is 4.74 Å². The van der Waals surface area contributed by atoms with Gasteiger partial charge in [-0.15, -0.1) is 0 Å². The third-order valence-electron chi connectivity index (χ3n) is 3.07. The number of thioether (sulfide) groups is 1. The molecule has 0 amide bonds. The van der Waals surface area contributed by atoms with Gasteiger partial charge in [0.1, 0.15) is 11.3 Å². The molecule has 2 heterocycles. The lowest BCUT2D eigenvalue weighted by atomic mass is 10.1. The van der Waals surface area contributed by atoms with Crippen LogP contribution in [0.4, 0.5) is 0 Å². The molecule has 2 rings (SSSR count). The summed E-state index contributed by atoms with van der Waals surface area (Å²) in [4.78, 5) is 15.8. The van der Waals surface area contributed by atoms with Crippen molar-refractivity contribution in [1.29, 1.82) is 0 Å². The van der Waals surface area contributed by atoms with Gasteiger partial charge >= 0.3 is 5.97 Å². The smallest absolute Gasteiger partial charge is 0.341 e. The highest BCUT2D eigenvalue weighted by Crippen LogP contribution is 2.31. The topological polar surface area (TPSA) is 77.2 Å². The van der Waals surface area contributed by atoms with E-state index in [1.807, 2.05) is 18.7 Å². The van der Waals surface area contributed by atoms with Crippen molar-refractivity contribution >= 4 is 28.8 Å². The molecule has 0 radical (unpaired) electrons. The second kappa shape index (κ2) is 6.80. The summed E-state index contributed by atoms with van der Waals surface area (Å²) in [6.45, 7) is 6.77. The van der Waals surface area contributed by atoms with E-state index in [1.165, 1.54) is 0 Å². The molecule has 2 aromatic rings. The minimum absolute atomic E-state index is 0.117. The highest BCUT2D eigenvalue weighted by molar-refractivity contribution is 7.99. The van der Waals surface area contributed by atoms with E-state index in [-0.39, 0.29) is 5.56 Å². The van der Waals surface area contributed by atoms with Gasteiger partial charge in [-0.3, -0.25) is 0 Å². The summed E-state index contributed by atoms with van der Waals surface area (Å²) in [5, 5.41) is 14.3. The van der Waals surface area contributed by atoms with E-state index < -0.39 is 5.97 Å². The Bertz CT molecular complexity index is 654. The Balaban J connectivity index is 2.53. The zero-order chi connectivity index (χ0) is 15.4. The number of pyridine rings is 1. The van der Waals surface area contributed by atoms with Crippen molar-refractivity contribution < 1.29 is 14.6 Å². The Labute approximate surface area is 127 Å². The predicted molar refractivity (Wildman–Crippen MR) is 83.4 cm³/mol. The molecule has 0 saturated heterocycles. The van der Waals surface area contributed by atoms with E-state index in [0.29, 0.717) is 29.1 Å². The molecule has 114 valence electrons. The summed E-state index contributed by atoms with van der Waals surface area (Å²) in [5.74, 6) is 1.33. The Morgan fingerprint density at radius 1 is 1.48 bits per heavy atom. The van der Waals surface area contributed by atoms with Crippen molar-refractivity contribution in [3.63, 3.8) is 0 Å². The van der Waals surface area contributed by atoms with Crippen molar-refractivity contribution in [3.05, 3.63) is 17.5 Å². The summed E-state index contributed by atoms with van der Waals surface area (Å²) >= 11 is 1.83. The van der Waals surface area contributed by atoms with Crippen LogP contribution in [0.5, 0.6) is 5.75 Å². The molecule has 0 fully saturated rings. The molecule has 7 heteroatoms. The zero-order valence-electron chi connectivity index (χ0n) is 12.4. The zero-order valence-corrected chi connectivity index (χ0v) is 13.2. The van der Waals surface area contributed by atoms with E-state index in [2.05, 4.69) is 17.0 Å². The number of nitrogens with zero attached hydrogens (tertiary/aromatic N) is 3. The maximum Gasteiger partial charge on any atom is 0.341 e. The van der Waals surface area contributed by atoms with Crippen LogP contribution in [0.2, 0.25) is 0 Å². The fourth-order valence-electron chi connectivity index (χ4n) is 2.18. The Morgan fingerprint density at radius 2 is 2.24 bits per heavy atom. The van der Waals surface area contributed by atoms with Gasteiger partial charge in [-0.2, -0.15) is 16.9 Å². The lowest BCUT2D eigenvalue weighted by molar-refractivity contribution is 0.0691. The molecule has 2 aromatic heterocycles. The standard InChI is InChI=1S/C14H19N3O3S/c1-4-20-12-10-8-15-17(6-7-21-5-2)13(10)16-9(3)11(12)14(18)19/h8H,4-7H2,1-3H3,(H,18,19).